The van der Waals surface area contributed by atoms with Crippen molar-refractivity contribution < 1.29 is 4.39 Å². The number of benzene rings is 2. The summed E-state index contributed by atoms with van der Waals surface area (Å²) in [5.41, 5.74) is 6.23. The SMILES string of the molecule is C/C=C(/C)N=C(C(C)CC)C(C)N=C(N/C=C/CC)c1cc(-c2ccc(F)cc2)ccc1C.CC. The summed E-state index contributed by atoms with van der Waals surface area (Å²) in [6.07, 6.45) is 8.00. The maximum atomic E-state index is 13.4. The monoisotopic (exact) mass is 477 g/mol. The normalized spacial score (nSPS) is 14.4. The topological polar surface area (TPSA) is 36.8 Å². The number of amidine groups is 1. The van der Waals surface area contributed by atoms with Crippen molar-refractivity contribution in [2.24, 2.45) is 15.9 Å². The van der Waals surface area contributed by atoms with Crippen LogP contribution in [0.15, 0.2) is 76.5 Å². The molecule has 190 valence electrons. The van der Waals surface area contributed by atoms with Crippen LogP contribution in [0.2, 0.25) is 0 Å². The van der Waals surface area contributed by atoms with Crippen LogP contribution in [-0.2, 0) is 0 Å². The molecule has 2 aromatic carbocycles. The van der Waals surface area contributed by atoms with E-state index in [1.165, 1.54) is 12.1 Å². The summed E-state index contributed by atoms with van der Waals surface area (Å²) in [6.45, 7) is 18.7. The molecule has 0 bridgehead atoms. The molecule has 2 unspecified atom stereocenters. The van der Waals surface area contributed by atoms with Gasteiger partial charge in [-0.3, -0.25) is 9.98 Å². The second-order valence-corrected chi connectivity index (χ2v) is 8.42. The molecular formula is C31H44FN3. The van der Waals surface area contributed by atoms with Gasteiger partial charge in [-0.2, -0.15) is 0 Å². The minimum atomic E-state index is -0.234. The zero-order chi connectivity index (χ0) is 26.4. The Morgan fingerprint density at radius 2 is 1.66 bits per heavy atom. The maximum Gasteiger partial charge on any atom is 0.133 e. The number of rotatable bonds is 9. The van der Waals surface area contributed by atoms with Gasteiger partial charge in [0.05, 0.1) is 6.04 Å². The van der Waals surface area contributed by atoms with Crippen molar-refractivity contribution in [1.82, 2.24) is 5.32 Å². The Labute approximate surface area is 213 Å². The smallest absolute Gasteiger partial charge is 0.133 e. The lowest BCUT2D eigenvalue weighted by Gasteiger charge is -2.20. The van der Waals surface area contributed by atoms with Crippen LogP contribution in [0.3, 0.4) is 0 Å². The van der Waals surface area contributed by atoms with E-state index in [1.807, 2.05) is 40.0 Å². The molecule has 0 saturated heterocycles. The lowest BCUT2D eigenvalue weighted by atomic mass is 9.96. The average molecular weight is 478 g/mol. The third kappa shape index (κ3) is 9.28. The van der Waals surface area contributed by atoms with Gasteiger partial charge in [0.25, 0.3) is 0 Å². The fourth-order valence-corrected chi connectivity index (χ4v) is 3.49. The Bertz CT molecular complexity index is 1030. The largest absolute Gasteiger partial charge is 0.347 e. The van der Waals surface area contributed by atoms with Crippen molar-refractivity contribution >= 4 is 11.5 Å². The van der Waals surface area contributed by atoms with E-state index in [-0.39, 0.29) is 11.9 Å². The number of nitrogens with zero attached hydrogens (tertiary/aromatic N) is 2. The van der Waals surface area contributed by atoms with Crippen molar-refractivity contribution in [2.75, 3.05) is 0 Å². The number of halogens is 1. The summed E-state index contributed by atoms with van der Waals surface area (Å²) in [6, 6.07) is 12.8. The number of allylic oxidation sites excluding steroid dienone is 3. The number of hydrogen-bond acceptors (Lipinski definition) is 2. The molecule has 0 fully saturated rings. The van der Waals surface area contributed by atoms with Gasteiger partial charge in [-0.1, -0.05) is 71.0 Å². The molecule has 0 spiro atoms. The van der Waals surface area contributed by atoms with E-state index in [4.69, 9.17) is 9.98 Å². The van der Waals surface area contributed by atoms with E-state index in [0.29, 0.717) is 5.92 Å². The van der Waals surface area contributed by atoms with Crippen LogP contribution in [-0.4, -0.2) is 17.6 Å². The number of aliphatic imine (C=N–C) groups is 2. The Morgan fingerprint density at radius 3 is 2.23 bits per heavy atom. The zero-order valence-corrected chi connectivity index (χ0v) is 23.1. The second-order valence-electron chi connectivity index (χ2n) is 8.42. The summed E-state index contributed by atoms with van der Waals surface area (Å²) in [5.74, 6) is 0.905. The minimum Gasteiger partial charge on any atom is -0.347 e. The number of aryl methyl sites for hydroxylation is 1. The molecule has 2 atom stereocenters. The van der Waals surface area contributed by atoms with Gasteiger partial charge in [0.1, 0.15) is 11.7 Å². The second kappa shape index (κ2) is 15.8. The molecule has 0 aliphatic rings. The Kier molecular flexibility index (Phi) is 13.6. The highest BCUT2D eigenvalue weighted by Gasteiger charge is 2.18. The highest BCUT2D eigenvalue weighted by atomic mass is 19.1. The van der Waals surface area contributed by atoms with Crippen molar-refractivity contribution in [3.63, 3.8) is 0 Å². The Hall–Kier alpha value is -3.01. The van der Waals surface area contributed by atoms with Crippen LogP contribution in [0.5, 0.6) is 0 Å². The quantitative estimate of drug-likeness (QED) is 0.284. The molecule has 0 heterocycles. The minimum absolute atomic E-state index is 0.0822. The van der Waals surface area contributed by atoms with E-state index in [2.05, 4.69) is 64.2 Å². The van der Waals surface area contributed by atoms with E-state index < -0.39 is 0 Å². The molecule has 0 saturated carbocycles. The first-order chi connectivity index (χ1) is 16.8. The molecule has 0 aliphatic carbocycles. The molecule has 0 aromatic heterocycles. The predicted molar refractivity (Wildman–Crippen MR) is 153 cm³/mol. The van der Waals surface area contributed by atoms with Gasteiger partial charge >= 0.3 is 0 Å². The van der Waals surface area contributed by atoms with Gasteiger partial charge in [-0.05, 0) is 87.5 Å². The fourth-order valence-electron chi connectivity index (χ4n) is 3.49. The van der Waals surface area contributed by atoms with Crippen molar-refractivity contribution in [3.05, 3.63) is 83.5 Å². The summed E-state index contributed by atoms with van der Waals surface area (Å²) in [7, 11) is 0. The number of nitrogens with one attached hydrogen (secondary N) is 1. The Balaban J connectivity index is 0.00000298. The van der Waals surface area contributed by atoms with Gasteiger partial charge in [-0.15, -0.1) is 0 Å². The average Bonchev–Trinajstić information content (AvgIpc) is 2.88. The van der Waals surface area contributed by atoms with E-state index in [9.17, 15) is 4.39 Å². The molecule has 1 N–H and O–H groups in total. The first-order valence-corrected chi connectivity index (χ1v) is 12.9. The molecule has 35 heavy (non-hydrogen) atoms. The van der Waals surface area contributed by atoms with Crippen LogP contribution in [0.1, 0.15) is 79.4 Å². The molecule has 4 heteroatoms. The van der Waals surface area contributed by atoms with E-state index >= 15 is 0 Å². The summed E-state index contributed by atoms with van der Waals surface area (Å²) < 4.78 is 13.4. The fraction of sp³-hybridized carbons (Fsp3) is 0.419. The third-order valence-corrected chi connectivity index (χ3v) is 5.84. The molecule has 2 rings (SSSR count). The lowest BCUT2D eigenvalue weighted by molar-refractivity contribution is 0.628. The molecule has 0 radical (unpaired) electrons. The standard InChI is InChI=1S/C29H38FN3.C2H6/c1-8-11-18-31-29(33-23(7)28(20(4)9-2)32-22(6)10-3)27-19-25(13-12-21(27)5)24-14-16-26(30)17-15-24;1-2/h10-20,23H,8-9H2,1-7H3,(H,31,33);1-2H3/b18-11+,22-10-,32-28?;. The predicted octanol–water partition coefficient (Wildman–Crippen LogP) is 8.89. The molecule has 0 amide bonds. The lowest BCUT2D eigenvalue weighted by Crippen LogP contribution is -2.28. The van der Waals surface area contributed by atoms with Gasteiger partial charge in [0, 0.05) is 17.0 Å². The summed E-state index contributed by atoms with van der Waals surface area (Å²) in [5, 5.41) is 3.42. The maximum absolute atomic E-state index is 13.4. The van der Waals surface area contributed by atoms with E-state index in [0.717, 1.165) is 52.3 Å². The van der Waals surface area contributed by atoms with Crippen LogP contribution in [0.25, 0.3) is 11.1 Å². The highest BCUT2D eigenvalue weighted by molar-refractivity contribution is 6.04. The highest BCUT2D eigenvalue weighted by Crippen LogP contribution is 2.24. The van der Waals surface area contributed by atoms with Gasteiger partial charge in [0.2, 0.25) is 0 Å². The van der Waals surface area contributed by atoms with Crippen LogP contribution in [0.4, 0.5) is 4.39 Å². The van der Waals surface area contributed by atoms with Crippen molar-refractivity contribution in [3.8, 4) is 11.1 Å². The van der Waals surface area contributed by atoms with Gasteiger partial charge < -0.3 is 5.32 Å². The van der Waals surface area contributed by atoms with Crippen molar-refractivity contribution in [2.45, 2.75) is 81.2 Å². The first-order valence-electron chi connectivity index (χ1n) is 12.9. The molecular weight excluding hydrogens is 433 g/mol. The van der Waals surface area contributed by atoms with Gasteiger partial charge in [0.15, 0.2) is 0 Å². The van der Waals surface area contributed by atoms with Crippen LogP contribution >= 0.6 is 0 Å². The van der Waals surface area contributed by atoms with Crippen LogP contribution < -0.4 is 5.32 Å². The summed E-state index contributed by atoms with van der Waals surface area (Å²) >= 11 is 0. The summed E-state index contributed by atoms with van der Waals surface area (Å²) in [4.78, 5) is 10.0. The number of hydrogen-bond donors (Lipinski definition) is 1. The zero-order valence-electron chi connectivity index (χ0n) is 23.1. The molecule has 0 aliphatic heterocycles. The molecule has 3 nitrogen and oxygen atoms in total. The van der Waals surface area contributed by atoms with Crippen molar-refractivity contribution in [1.29, 1.82) is 0 Å². The molecule has 2 aromatic rings. The Morgan fingerprint density at radius 1 is 1.03 bits per heavy atom. The van der Waals surface area contributed by atoms with Crippen LogP contribution in [0, 0.1) is 18.7 Å². The van der Waals surface area contributed by atoms with Gasteiger partial charge in [-0.25, -0.2) is 4.39 Å². The third-order valence-electron chi connectivity index (χ3n) is 5.84. The first kappa shape index (κ1) is 30.0. The van der Waals surface area contributed by atoms with E-state index in [1.54, 1.807) is 12.1 Å².